The van der Waals surface area contributed by atoms with E-state index >= 15 is 0 Å². The largest absolute Gasteiger partial charge is 0.358 e. The molecule has 0 fully saturated rings. The summed E-state index contributed by atoms with van der Waals surface area (Å²) in [4.78, 5) is 20.8. The molecule has 4 nitrogen and oxygen atoms in total. The van der Waals surface area contributed by atoms with Crippen molar-refractivity contribution in [2.45, 2.75) is 6.54 Å². The minimum atomic E-state index is 0.103. The average molecular weight is 273 g/mol. The molecule has 0 N–H and O–H groups in total. The van der Waals surface area contributed by atoms with Crippen LogP contribution in [0, 0.1) is 0 Å². The number of anilines is 1. The topological polar surface area (TPSA) is 36.4 Å². The molecule has 0 bridgehead atoms. The first-order chi connectivity index (χ1) is 9.25. The van der Waals surface area contributed by atoms with Gasteiger partial charge in [0.05, 0.1) is 5.56 Å². The van der Waals surface area contributed by atoms with Crippen LogP contribution in [0.5, 0.6) is 0 Å². The Morgan fingerprint density at radius 3 is 3.05 bits per heavy atom. The Morgan fingerprint density at radius 1 is 1.37 bits per heavy atom. The van der Waals surface area contributed by atoms with Crippen LogP contribution in [0.4, 0.5) is 5.82 Å². The number of carbonyl (C=O) groups is 1. The van der Waals surface area contributed by atoms with Crippen LogP contribution >= 0.6 is 11.3 Å². The molecule has 3 heterocycles. The van der Waals surface area contributed by atoms with Gasteiger partial charge in [-0.25, -0.2) is 4.98 Å². The van der Waals surface area contributed by atoms with Gasteiger partial charge in [-0.15, -0.1) is 0 Å². The number of thiophene rings is 1. The lowest BCUT2D eigenvalue weighted by molar-refractivity contribution is 0.0752. The van der Waals surface area contributed by atoms with Crippen LogP contribution in [0.1, 0.15) is 15.9 Å². The van der Waals surface area contributed by atoms with E-state index in [4.69, 9.17) is 0 Å². The quantitative estimate of drug-likeness (QED) is 0.799. The molecular formula is C14H15N3OS. The van der Waals surface area contributed by atoms with E-state index in [2.05, 4.69) is 9.88 Å². The lowest BCUT2D eigenvalue weighted by Gasteiger charge is -2.20. The molecule has 0 aromatic carbocycles. The molecule has 2 aromatic rings. The van der Waals surface area contributed by atoms with Gasteiger partial charge in [0.15, 0.2) is 0 Å². The second-order valence-corrected chi connectivity index (χ2v) is 5.43. The maximum atomic E-state index is 12.4. The predicted molar refractivity (Wildman–Crippen MR) is 76.6 cm³/mol. The summed E-state index contributed by atoms with van der Waals surface area (Å²) in [6.45, 7) is 2.16. The Labute approximate surface area is 116 Å². The molecule has 0 aliphatic carbocycles. The smallest absolute Gasteiger partial charge is 0.255 e. The Morgan fingerprint density at radius 2 is 2.26 bits per heavy atom. The summed E-state index contributed by atoms with van der Waals surface area (Å²) in [6.07, 6.45) is 1.80. The van der Waals surface area contributed by atoms with Crippen LogP contribution < -0.4 is 4.90 Å². The van der Waals surface area contributed by atoms with Crippen LogP contribution in [0.2, 0.25) is 0 Å². The molecule has 19 heavy (non-hydrogen) atoms. The number of hydrogen-bond donors (Lipinski definition) is 0. The fourth-order valence-electron chi connectivity index (χ4n) is 2.30. The molecule has 1 aliphatic heterocycles. The van der Waals surface area contributed by atoms with Crippen molar-refractivity contribution in [1.29, 1.82) is 0 Å². The molecule has 3 rings (SSSR count). The molecule has 0 unspecified atom stereocenters. The van der Waals surface area contributed by atoms with Gasteiger partial charge in [0.25, 0.3) is 5.91 Å². The number of carbonyl (C=O) groups excluding carboxylic acids is 1. The van der Waals surface area contributed by atoms with E-state index in [-0.39, 0.29) is 5.91 Å². The standard InChI is InChI=1S/C14H15N3OS/c1-16-6-7-17(14(18)12-4-8-19-10-12)9-11-3-2-5-15-13(11)16/h2-5,8,10H,6-7,9H2,1H3. The fourth-order valence-corrected chi connectivity index (χ4v) is 2.93. The SMILES string of the molecule is CN1CCN(C(=O)c2ccsc2)Cc2cccnc21. The normalized spacial score (nSPS) is 15.0. The van der Waals surface area contributed by atoms with Gasteiger partial charge >= 0.3 is 0 Å². The number of hydrogen-bond acceptors (Lipinski definition) is 4. The van der Waals surface area contributed by atoms with Crippen LogP contribution in [0.15, 0.2) is 35.2 Å². The third-order valence-electron chi connectivity index (χ3n) is 3.35. The molecule has 0 spiro atoms. The molecule has 2 aromatic heterocycles. The van der Waals surface area contributed by atoms with Crippen molar-refractivity contribution in [3.63, 3.8) is 0 Å². The van der Waals surface area contributed by atoms with Crippen molar-refractivity contribution in [3.8, 4) is 0 Å². The van der Waals surface area contributed by atoms with Crippen molar-refractivity contribution in [2.24, 2.45) is 0 Å². The third kappa shape index (κ3) is 2.33. The van der Waals surface area contributed by atoms with Gasteiger partial charge in [0, 0.05) is 43.8 Å². The van der Waals surface area contributed by atoms with Crippen molar-refractivity contribution in [1.82, 2.24) is 9.88 Å². The highest BCUT2D eigenvalue weighted by atomic mass is 32.1. The fraction of sp³-hybridized carbons (Fsp3) is 0.286. The van der Waals surface area contributed by atoms with Gasteiger partial charge in [-0.05, 0) is 17.5 Å². The van der Waals surface area contributed by atoms with Gasteiger partial charge in [-0.1, -0.05) is 6.07 Å². The Balaban J connectivity index is 1.89. The second-order valence-electron chi connectivity index (χ2n) is 4.65. The third-order valence-corrected chi connectivity index (χ3v) is 4.03. The van der Waals surface area contributed by atoms with E-state index in [1.165, 1.54) is 0 Å². The van der Waals surface area contributed by atoms with E-state index < -0.39 is 0 Å². The van der Waals surface area contributed by atoms with Crippen molar-refractivity contribution >= 4 is 23.1 Å². The van der Waals surface area contributed by atoms with Gasteiger partial charge in [0.1, 0.15) is 5.82 Å². The molecule has 0 saturated carbocycles. The zero-order valence-corrected chi connectivity index (χ0v) is 11.6. The molecule has 1 aliphatic rings. The van der Waals surface area contributed by atoms with Crippen molar-refractivity contribution < 1.29 is 4.79 Å². The maximum absolute atomic E-state index is 12.4. The molecule has 98 valence electrons. The van der Waals surface area contributed by atoms with Crippen molar-refractivity contribution in [3.05, 3.63) is 46.3 Å². The van der Waals surface area contributed by atoms with Crippen LogP contribution in [-0.4, -0.2) is 35.9 Å². The van der Waals surface area contributed by atoms with Gasteiger partial charge in [-0.3, -0.25) is 4.79 Å². The molecule has 0 radical (unpaired) electrons. The van der Waals surface area contributed by atoms with E-state index in [9.17, 15) is 4.79 Å². The summed E-state index contributed by atoms with van der Waals surface area (Å²) >= 11 is 1.55. The summed E-state index contributed by atoms with van der Waals surface area (Å²) < 4.78 is 0. The highest BCUT2D eigenvalue weighted by Crippen LogP contribution is 2.22. The minimum Gasteiger partial charge on any atom is -0.358 e. The zero-order valence-electron chi connectivity index (χ0n) is 10.7. The number of aromatic nitrogens is 1. The highest BCUT2D eigenvalue weighted by Gasteiger charge is 2.22. The van der Waals surface area contributed by atoms with E-state index in [0.29, 0.717) is 6.54 Å². The van der Waals surface area contributed by atoms with E-state index in [1.54, 1.807) is 17.5 Å². The average Bonchev–Trinajstić information content (AvgIpc) is 2.91. The summed E-state index contributed by atoms with van der Waals surface area (Å²) in [6, 6.07) is 5.84. The molecular weight excluding hydrogens is 258 g/mol. The van der Waals surface area contributed by atoms with E-state index in [1.807, 2.05) is 40.9 Å². The lowest BCUT2D eigenvalue weighted by Crippen LogP contribution is -2.34. The second kappa shape index (κ2) is 5.01. The molecule has 5 heteroatoms. The van der Waals surface area contributed by atoms with Crippen molar-refractivity contribution in [2.75, 3.05) is 25.0 Å². The van der Waals surface area contributed by atoms with Crippen LogP contribution in [0.3, 0.4) is 0 Å². The first kappa shape index (κ1) is 12.2. The van der Waals surface area contributed by atoms with E-state index in [0.717, 1.165) is 30.0 Å². The predicted octanol–water partition coefficient (Wildman–Crippen LogP) is 2.24. The number of rotatable bonds is 1. The molecule has 0 saturated heterocycles. The van der Waals surface area contributed by atoms with Crippen LogP contribution in [-0.2, 0) is 6.54 Å². The highest BCUT2D eigenvalue weighted by molar-refractivity contribution is 7.08. The maximum Gasteiger partial charge on any atom is 0.255 e. The number of fused-ring (bicyclic) bond motifs is 1. The number of pyridine rings is 1. The summed E-state index contributed by atoms with van der Waals surface area (Å²) in [7, 11) is 2.02. The first-order valence-electron chi connectivity index (χ1n) is 6.22. The monoisotopic (exact) mass is 273 g/mol. The van der Waals surface area contributed by atoms with Gasteiger partial charge in [0.2, 0.25) is 0 Å². The Bertz CT molecular complexity index is 582. The molecule has 1 amide bonds. The molecule has 0 atom stereocenters. The first-order valence-corrected chi connectivity index (χ1v) is 7.16. The zero-order chi connectivity index (χ0) is 13.2. The number of nitrogens with zero attached hydrogens (tertiary/aromatic N) is 3. The van der Waals surface area contributed by atoms with Crippen LogP contribution in [0.25, 0.3) is 0 Å². The lowest BCUT2D eigenvalue weighted by atomic mass is 10.2. The van der Waals surface area contributed by atoms with Gasteiger partial charge < -0.3 is 9.80 Å². The Hall–Kier alpha value is -1.88. The Kier molecular flexibility index (Phi) is 3.21. The van der Waals surface area contributed by atoms with Gasteiger partial charge in [-0.2, -0.15) is 11.3 Å². The number of likely N-dealkylation sites (N-methyl/N-ethyl adjacent to an activating group) is 1. The number of amides is 1. The summed E-state index contributed by atoms with van der Waals surface area (Å²) in [5, 5.41) is 3.84. The summed E-state index contributed by atoms with van der Waals surface area (Å²) in [5.74, 6) is 1.08. The minimum absolute atomic E-state index is 0.103. The summed E-state index contributed by atoms with van der Waals surface area (Å²) in [5.41, 5.74) is 1.88.